The van der Waals surface area contributed by atoms with Crippen molar-refractivity contribution < 1.29 is 0 Å². The second kappa shape index (κ2) is 4.58. The largest absolute Gasteiger partial charge is 0.364 e. The van der Waals surface area contributed by atoms with Crippen LogP contribution in [0.3, 0.4) is 0 Å². The molecular weight excluding hydrogens is 222 g/mol. The Labute approximate surface area is 108 Å². The fraction of sp³-hybridized carbons (Fsp3) is 0.400. The quantitative estimate of drug-likeness (QED) is 0.831. The smallest absolute Gasteiger partial charge is 0.0635 e. The van der Waals surface area contributed by atoms with Gasteiger partial charge in [-0.15, -0.1) is 0 Å². The SMILES string of the molecule is CC1CN(c2cncc3ccccc23)C(C)CN1. The highest BCUT2D eigenvalue weighted by atomic mass is 15.2. The summed E-state index contributed by atoms with van der Waals surface area (Å²) in [6, 6.07) is 9.52. The van der Waals surface area contributed by atoms with Crippen LogP contribution in [0.4, 0.5) is 5.69 Å². The zero-order chi connectivity index (χ0) is 12.5. The second-order valence-corrected chi connectivity index (χ2v) is 5.19. The van der Waals surface area contributed by atoms with Gasteiger partial charge < -0.3 is 10.2 Å². The lowest BCUT2D eigenvalue weighted by Gasteiger charge is -2.39. The van der Waals surface area contributed by atoms with Crippen LogP contribution < -0.4 is 10.2 Å². The number of nitrogens with one attached hydrogen (secondary N) is 1. The standard InChI is InChI=1S/C15H19N3/c1-11-10-18(12(2)7-17-11)15-9-16-8-13-5-3-4-6-14(13)15/h3-6,8-9,11-12,17H,7,10H2,1-2H3. The number of pyridine rings is 1. The highest BCUT2D eigenvalue weighted by Crippen LogP contribution is 2.27. The molecule has 0 spiro atoms. The van der Waals surface area contributed by atoms with Crippen LogP contribution in [0.15, 0.2) is 36.7 Å². The number of anilines is 1. The lowest BCUT2D eigenvalue weighted by Crippen LogP contribution is -2.54. The van der Waals surface area contributed by atoms with Crippen LogP contribution in [0, 0.1) is 0 Å². The third-order valence-electron chi connectivity index (χ3n) is 3.72. The summed E-state index contributed by atoms with van der Waals surface area (Å²) in [5, 5.41) is 6.03. The van der Waals surface area contributed by atoms with Crippen molar-refractivity contribution in [3.05, 3.63) is 36.7 Å². The first-order valence-corrected chi connectivity index (χ1v) is 6.58. The predicted octanol–water partition coefficient (Wildman–Crippen LogP) is 2.42. The van der Waals surface area contributed by atoms with Crippen molar-refractivity contribution in [1.82, 2.24) is 10.3 Å². The van der Waals surface area contributed by atoms with Gasteiger partial charge >= 0.3 is 0 Å². The zero-order valence-electron chi connectivity index (χ0n) is 10.9. The molecule has 2 atom stereocenters. The van der Waals surface area contributed by atoms with Crippen LogP contribution in [0.2, 0.25) is 0 Å². The Morgan fingerprint density at radius 1 is 1.22 bits per heavy atom. The number of piperazine rings is 1. The molecule has 0 saturated carbocycles. The van der Waals surface area contributed by atoms with Crippen molar-refractivity contribution in [2.45, 2.75) is 25.9 Å². The monoisotopic (exact) mass is 241 g/mol. The molecule has 0 bridgehead atoms. The van der Waals surface area contributed by atoms with Gasteiger partial charge in [-0.05, 0) is 13.8 Å². The number of benzene rings is 1. The fourth-order valence-corrected chi connectivity index (χ4v) is 2.69. The molecule has 1 aromatic carbocycles. The lowest BCUT2D eigenvalue weighted by atomic mass is 10.1. The van der Waals surface area contributed by atoms with Crippen molar-refractivity contribution >= 4 is 16.5 Å². The van der Waals surface area contributed by atoms with Crippen molar-refractivity contribution in [1.29, 1.82) is 0 Å². The predicted molar refractivity (Wildman–Crippen MR) is 76.0 cm³/mol. The summed E-state index contributed by atoms with van der Waals surface area (Å²) in [6.07, 6.45) is 3.94. The lowest BCUT2D eigenvalue weighted by molar-refractivity contribution is 0.425. The van der Waals surface area contributed by atoms with Crippen LogP contribution in [-0.2, 0) is 0 Å². The highest BCUT2D eigenvalue weighted by Gasteiger charge is 2.23. The molecule has 0 amide bonds. The van der Waals surface area contributed by atoms with E-state index in [0.29, 0.717) is 12.1 Å². The van der Waals surface area contributed by atoms with Gasteiger partial charge in [-0.25, -0.2) is 0 Å². The average molecular weight is 241 g/mol. The Morgan fingerprint density at radius 3 is 2.94 bits per heavy atom. The van der Waals surface area contributed by atoms with Gasteiger partial charge in [0, 0.05) is 42.1 Å². The van der Waals surface area contributed by atoms with Crippen LogP contribution in [0.5, 0.6) is 0 Å². The minimum absolute atomic E-state index is 0.508. The first kappa shape index (κ1) is 11.5. The van der Waals surface area contributed by atoms with Crippen molar-refractivity contribution in [2.75, 3.05) is 18.0 Å². The molecule has 1 aliphatic heterocycles. The summed E-state index contributed by atoms with van der Waals surface area (Å²) >= 11 is 0. The Hall–Kier alpha value is -1.61. The van der Waals surface area contributed by atoms with Gasteiger partial charge in [0.2, 0.25) is 0 Å². The molecule has 1 aliphatic rings. The molecule has 3 heteroatoms. The van der Waals surface area contributed by atoms with E-state index in [-0.39, 0.29) is 0 Å². The molecule has 1 saturated heterocycles. The summed E-state index contributed by atoms with van der Waals surface area (Å²) in [5.41, 5.74) is 1.26. The number of hydrogen-bond donors (Lipinski definition) is 1. The zero-order valence-corrected chi connectivity index (χ0v) is 10.9. The molecule has 2 unspecified atom stereocenters. The fourth-order valence-electron chi connectivity index (χ4n) is 2.69. The molecule has 2 aromatic rings. The molecule has 18 heavy (non-hydrogen) atoms. The Bertz CT molecular complexity index is 547. The third kappa shape index (κ3) is 1.95. The van der Waals surface area contributed by atoms with Gasteiger partial charge in [-0.2, -0.15) is 0 Å². The first-order chi connectivity index (χ1) is 8.75. The Balaban J connectivity index is 2.07. The van der Waals surface area contributed by atoms with Crippen LogP contribution >= 0.6 is 0 Å². The van der Waals surface area contributed by atoms with E-state index in [9.17, 15) is 0 Å². The van der Waals surface area contributed by atoms with Gasteiger partial charge in [0.1, 0.15) is 0 Å². The van der Waals surface area contributed by atoms with Crippen molar-refractivity contribution in [3.63, 3.8) is 0 Å². The Morgan fingerprint density at radius 2 is 2.06 bits per heavy atom. The number of aromatic nitrogens is 1. The van der Waals surface area contributed by atoms with E-state index in [1.165, 1.54) is 16.5 Å². The number of rotatable bonds is 1. The summed E-state index contributed by atoms with van der Waals surface area (Å²) in [5.74, 6) is 0. The van der Waals surface area contributed by atoms with Gasteiger partial charge in [-0.1, -0.05) is 24.3 Å². The van der Waals surface area contributed by atoms with Crippen LogP contribution in [0.25, 0.3) is 10.8 Å². The number of hydrogen-bond acceptors (Lipinski definition) is 3. The van der Waals surface area contributed by atoms with E-state index >= 15 is 0 Å². The van der Waals surface area contributed by atoms with E-state index in [4.69, 9.17) is 0 Å². The normalized spacial score (nSPS) is 24.4. The molecule has 3 rings (SSSR count). The minimum atomic E-state index is 0.508. The molecular formula is C15H19N3. The third-order valence-corrected chi connectivity index (χ3v) is 3.72. The van der Waals surface area contributed by atoms with E-state index in [1.54, 1.807) is 0 Å². The van der Waals surface area contributed by atoms with Gasteiger partial charge in [-0.3, -0.25) is 4.98 Å². The highest BCUT2D eigenvalue weighted by molar-refractivity contribution is 5.93. The topological polar surface area (TPSA) is 28.2 Å². The second-order valence-electron chi connectivity index (χ2n) is 5.19. The first-order valence-electron chi connectivity index (χ1n) is 6.58. The average Bonchev–Trinajstić information content (AvgIpc) is 2.41. The summed E-state index contributed by atoms with van der Waals surface area (Å²) < 4.78 is 0. The molecule has 2 heterocycles. The minimum Gasteiger partial charge on any atom is -0.364 e. The number of fused-ring (bicyclic) bond motifs is 1. The maximum absolute atomic E-state index is 4.39. The van der Waals surface area contributed by atoms with Gasteiger partial charge in [0.05, 0.1) is 11.9 Å². The van der Waals surface area contributed by atoms with E-state index in [1.807, 2.05) is 12.4 Å². The van der Waals surface area contributed by atoms with Crippen LogP contribution in [-0.4, -0.2) is 30.2 Å². The van der Waals surface area contributed by atoms with Gasteiger partial charge in [0.25, 0.3) is 0 Å². The Kier molecular flexibility index (Phi) is 2.92. The van der Waals surface area contributed by atoms with E-state index in [0.717, 1.165) is 13.1 Å². The molecule has 1 aromatic heterocycles. The van der Waals surface area contributed by atoms with Crippen molar-refractivity contribution in [2.24, 2.45) is 0 Å². The summed E-state index contributed by atoms with van der Waals surface area (Å²) in [7, 11) is 0. The summed E-state index contributed by atoms with van der Waals surface area (Å²) in [6.45, 7) is 6.57. The number of nitrogens with zero attached hydrogens (tertiary/aromatic N) is 2. The van der Waals surface area contributed by atoms with E-state index < -0.39 is 0 Å². The maximum atomic E-state index is 4.39. The molecule has 1 N–H and O–H groups in total. The van der Waals surface area contributed by atoms with Crippen molar-refractivity contribution in [3.8, 4) is 0 Å². The maximum Gasteiger partial charge on any atom is 0.0635 e. The molecule has 3 nitrogen and oxygen atoms in total. The summed E-state index contributed by atoms with van der Waals surface area (Å²) in [4.78, 5) is 6.85. The molecule has 1 fully saturated rings. The van der Waals surface area contributed by atoms with Crippen LogP contribution in [0.1, 0.15) is 13.8 Å². The van der Waals surface area contributed by atoms with E-state index in [2.05, 4.69) is 53.3 Å². The van der Waals surface area contributed by atoms with Gasteiger partial charge in [0.15, 0.2) is 0 Å². The molecule has 0 aliphatic carbocycles. The molecule has 0 radical (unpaired) electrons. The molecule has 94 valence electrons.